The lowest BCUT2D eigenvalue weighted by atomic mass is 10.3. The maximum atomic E-state index is 11.5. The van der Waals surface area contributed by atoms with Crippen LogP contribution in [0.25, 0.3) is 0 Å². The van der Waals surface area contributed by atoms with E-state index in [2.05, 4.69) is 0 Å². The molecule has 0 amide bonds. The number of rotatable bonds is 2. The highest BCUT2D eigenvalue weighted by molar-refractivity contribution is 8.13. The van der Waals surface area contributed by atoms with Gasteiger partial charge in [-0.2, -0.15) is 0 Å². The lowest BCUT2D eigenvalue weighted by Crippen LogP contribution is -2.38. The first-order chi connectivity index (χ1) is 6.97. The van der Waals surface area contributed by atoms with Gasteiger partial charge in [-0.15, -0.1) is 0 Å². The highest BCUT2D eigenvalue weighted by atomic mass is 32.2. The predicted molar refractivity (Wildman–Crippen MR) is 59.2 cm³/mol. The van der Waals surface area contributed by atoms with E-state index in [1.165, 1.54) is 17.7 Å². The molecule has 82 valence electrons. The Labute approximate surface area is 90.7 Å². The van der Waals surface area contributed by atoms with Crippen molar-refractivity contribution in [2.45, 2.75) is 6.42 Å². The molecule has 0 radical (unpaired) electrons. The Hall–Kier alpha value is -1.30. The van der Waals surface area contributed by atoms with Crippen LogP contribution in [-0.4, -0.2) is 20.5 Å². The molecule has 0 aliphatic heterocycles. The number of thioether (sulfide) groups is 1. The van der Waals surface area contributed by atoms with Gasteiger partial charge in [-0.05, 0) is 6.26 Å². The van der Waals surface area contributed by atoms with Gasteiger partial charge in [0.15, 0.2) is 5.12 Å². The molecule has 0 aromatic carbocycles. The number of nitrogens with zero attached hydrogens (tertiary/aromatic N) is 2. The molecule has 1 aromatic rings. The average Bonchev–Trinajstić information content (AvgIpc) is 2.22. The van der Waals surface area contributed by atoms with Gasteiger partial charge in [0.05, 0.1) is 6.42 Å². The van der Waals surface area contributed by atoms with Gasteiger partial charge in [-0.3, -0.25) is 14.2 Å². The fourth-order valence-corrected chi connectivity index (χ4v) is 1.46. The third-order valence-electron chi connectivity index (χ3n) is 2.18. The molecule has 0 saturated carbocycles. The predicted octanol–water partition coefficient (Wildman–Crippen LogP) is -0.484. The molecule has 0 aliphatic carbocycles. The van der Waals surface area contributed by atoms with Crippen LogP contribution < -0.4 is 11.2 Å². The van der Waals surface area contributed by atoms with Crippen LogP contribution in [0.15, 0.2) is 15.7 Å². The molecule has 0 saturated heterocycles. The average molecular weight is 228 g/mol. The zero-order valence-electron chi connectivity index (χ0n) is 8.81. The number of hydrogen-bond donors (Lipinski definition) is 0. The number of carbonyl (C=O) groups is 1. The van der Waals surface area contributed by atoms with Crippen molar-refractivity contribution in [3.63, 3.8) is 0 Å². The summed E-state index contributed by atoms with van der Waals surface area (Å²) < 4.78 is 2.32. The molecule has 5 nitrogen and oxygen atoms in total. The number of aromatic nitrogens is 2. The summed E-state index contributed by atoms with van der Waals surface area (Å²) >= 11 is 1.08. The SMILES string of the molecule is CSC(=O)Cc1cc(=O)n(C)c(=O)n1C. The largest absolute Gasteiger partial charge is 0.330 e. The fourth-order valence-electron chi connectivity index (χ4n) is 1.17. The van der Waals surface area contributed by atoms with Gasteiger partial charge < -0.3 is 4.57 Å². The zero-order chi connectivity index (χ0) is 11.6. The van der Waals surface area contributed by atoms with Crippen LogP contribution in [0.1, 0.15) is 5.69 Å². The normalized spacial score (nSPS) is 10.3. The Morgan fingerprint density at radius 3 is 2.47 bits per heavy atom. The Bertz CT molecular complexity index is 501. The smallest absolute Gasteiger partial charge is 0.300 e. The topological polar surface area (TPSA) is 61.1 Å². The van der Waals surface area contributed by atoms with Gasteiger partial charge in [0.2, 0.25) is 0 Å². The molecule has 0 N–H and O–H groups in total. The molecule has 1 heterocycles. The van der Waals surface area contributed by atoms with Gasteiger partial charge in [0.1, 0.15) is 0 Å². The van der Waals surface area contributed by atoms with Crippen molar-refractivity contribution >= 4 is 16.9 Å². The van der Waals surface area contributed by atoms with E-state index in [9.17, 15) is 14.4 Å². The van der Waals surface area contributed by atoms with Gasteiger partial charge in [-0.1, -0.05) is 11.8 Å². The summed E-state index contributed by atoms with van der Waals surface area (Å²) in [5.74, 6) is 0. The third kappa shape index (κ3) is 2.38. The van der Waals surface area contributed by atoms with Crippen molar-refractivity contribution in [2.24, 2.45) is 14.1 Å². The third-order valence-corrected chi connectivity index (χ3v) is 2.78. The minimum Gasteiger partial charge on any atom is -0.300 e. The first-order valence-corrected chi connectivity index (χ1v) is 5.52. The first kappa shape index (κ1) is 11.8. The summed E-state index contributed by atoms with van der Waals surface area (Å²) in [4.78, 5) is 34.0. The first-order valence-electron chi connectivity index (χ1n) is 4.30. The minimum atomic E-state index is -0.411. The molecule has 0 aliphatic rings. The second-order valence-electron chi connectivity index (χ2n) is 3.13. The van der Waals surface area contributed by atoms with Gasteiger partial charge >= 0.3 is 5.69 Å². The van der Waals surface area contributed by atoms with Crippen molar-refractivity contribution in [1.29, 1.82) is 0 Å². The quantitative estimate of drug-likeness (QED) is 0.685. The molecule has 6 heteroatoms. The Morgan fingerprint density at radius 2 is 1.93 bits per heavy atom. The highest BCUT2D eigenvalue weighted by Gasteiger charge is 2.09. The maximum Gasteiger partial charge on any atom is 0.330 e. The molecule has 1 rings (SSSR count). The van der Waals surface area contributed by atoms with Gasteiger partial charge in [-0.25, -0.2) is 4.79 Å². The fraction of sp³-hybridized carbons (Fsp3) is 0.444. The van der Waals surface area contributed by atoms with Crippen LogP contribution in [0, 0.1) is 0 Å². The monoisotopic (exact) mass is 228 g/mol. The Morgan fingerprint density at radius 1 is 1.33 bits per heavy atom. The standard InChI is InChI=1S/C9H12N2O3S/c1-10-6(5-8(13)15-3)4-7(12)11(2)9(10)14/h4H,5H2,1-3H3. The molecular weight excluding hydrogens is 216 g/mol. The van der Waals surface area contributed by atoms with Crippen molar-refractivity contribution in [3.8, 4) is 0 Å². The molecule has 0 spiro atoms. The van der Waals surface area contributed by atoms with Crippen LogP contribution in [0.5, 0.6) is 0 Å². The zero-order valence-corrected chi connectivity index (χ0v) is 9.63. The summed E-state index contributed by atoms with van der Waals surface area (Å²) in [6, 6.07) is 1.32. The summed E-state index contributed by atoms with van der Waals surface area (Å²) in [6.45, 7) is 0. The summed E-state index contributed by atoms with van der Waals surface area (Å²) in [5, 5.41) is -0.0711. The van der Waals surface area contributed by atoms with E-state index in [-0.39, 0.29) is 17.1 Å². The second kappa shape index (κ2) is 4.48. The van der Waals surface area contributed by atoms with Crippen molar-refractivity contribution in [2.75, 3.05) is 6.26 Å². The van der Waals surface area contributed by atoms with E-state index in [4.69, 9.17) is 0 Å². The molecule has 1 aromatic heterocycles. The summed E-state index contributed by atoms with van der Waals surface area (Å²) in [6.07, 6.45) is 1.77. The van der Waals surface area contributed by atoms with E-state index in [1.807, 2.05) is 0 Å². The van der Waals surface area contributed by atoms with Crippen molar-refractivity contribution < 1.29 is 4.79 Å². The highest BCUT2D eigenvalue weighted by Crippen LogP contribution is 2.02. The molecule has 0 atom stereocenters. The van der Waals surface area contributed by atoms with Gasteiger partial charge in [0, 0.05) is 25.9 Å². The second-order valence-corrected chi connectivity index (χ2v) is 3.99. The van der Waals surface area contributed by atoms with Crippen LogP contribution in [-0.2, 0) is 25.3 Å². The van der Waals surface area contributed by atoms with E-state index in [1.54, 1.807) is 13.3 Å². The van der Waals surface area contributed by atoms with Crippen LogP contribution in [0.4, 0.5) is 0 Å². The van der Waals surface area contributed by atoms with Crippen molar-refractivity contribution in [3.05, 3.63) is 32.6 Å². The molecule has 0 fully saturated rings. The van der Waals surface area contributed by atoms with Gasteiger partial charge in [0.25, 0.3) is 5.56 Å². The maximum absolute atomic E-state index is 11.5. The number of hydrogen-bond acceptors (Lipinski definition) is 4. The summed E-state index contributed by atoms with van der Waals surface area (Å²) in [5.41, 5.74) is -0.351. The van der Waals surface area contributed by atoms with E-state index >= 15 is 0 Å². The molecular formula is C9H12N2O3S. The van der Waals surface area contributed by atoms with E-state index in [0.29, 0.717) is 5.69 Å². The molecule has 0 unspecified atom stereocenters. The van der Waals surface area contributed by atoms with E-state index in [0.717, 1.165) is 16.3 Å². The molecule has 15 heavy (non-hydrogen) atoms. The minimum absolute atomic E-state index is 0.0711. The lowest BCUT2D eigenvalue weighted by molar-refractivity contribution is -0.110. The summed E-state index contributed by atoms with van der Waals surface area (Å²) in [7, 11) is 2.95. The van der Waals surface area contributed by atoms with E-state index < -0.39 is 5.69 Å². The van der Waals surface area contributed by atoms with Crippen LogP contribution in [0.2, 0.25) is 0 Å². The number of carbonyl (C=O) groups excluding carboxylic acids is 1. The van der Waals surface area contributed by atoms with Crippen molar-refractivity contribution in [1.82, 2.24) is 9.13 Å². The molecule has 0 bridgehead atoms. The van der Waals surface area contributed by atoms with Crippen LogP contribution >= 0.6 is 11.8 Å². The Kier molecular flexibility index (Phi) is 3.52. The Balaban J connectivity index is 3.27. The van der Waals surface area contributed by atoms with Crippen LogP contribution in [0.3, 0.4) is 0 Å². The lowest BCUT2D eigenvalue weighted by Gasteiger charge is -2.07.